The van der Waals surface area contributed by atoms with E-state index in [0.717, 1.165) is 59.7 Å². The highest BCUT2D eigenvalue weighted by Crippen LogP contribution is 2.28. The molecule has 1 aliphatic heterocycles. The van der Waals surface area contributed by atoms with E-state index in [1.54, 1.807) is 12.4 Å². The van der Waals surface area contributed by atoms with Crippen LogP contribution in [0.5, 0.6) is 0 Å². The number of carbonyl (C=O) groups excluding carboxylic acids is 1. The van der Waals surface area contributed by atoms with E-state index >= 15 is 0 Å². The van der Waals surface area contributed by atoms with Crippen molar-refractivity contribution < 1.29 is 9.53 Å². The standard InChI is InChI=1S/C25H25N5O2/c1-29-9-7-21-23(29)15-22(19-5-2-6-20(14-19)30-10-12-32-13-11-30)28-24(21)25(31)27-17-18-4-3-8-26-16-18/h2-9,14-16H,10-13,17H2,1H3,(H,27,31). The predicted octanol–water partition coefficient (Wildman–Crippen LogP) is 3.40. The Morgan fingerprint density at radius 2 is 2.00 bits per heavy atom. The van der Waals surface area contributed by atoms with E-state index in [0.29, 0.717) is 12.2 Å². The number of nitrogens with zero attached hydrogens (tertiary/aromatic N) is 4. The minimum Gasteiger partial charge on any atom is -0.378 e. The number of amides is 1. The number of hydrogen-bond donors (Lipinski definition) is 1. The van der Waals surface area contributed by atoms with Crippen LogP contribution in [0.25, 0.3) is 22.2 Å². The molecule has 7 heteroatoms. The molecule has 1 aliphatic rings. The molecule has 4 aromatic rings. The zero-order chi connectivity index (χ0) is 21.9. The lowest BCUT2D eigenvalue weighted by atomic mass is 10.1. The molecule has 162 valence electrons. The number of rotatable bonds is 5. The Hall–Kier alpha value is -3.71. The first kappa shape index (κ1) is 20.2. The maximum absolute atomic E-state index is 13.1. The third-order valence-corrected chi connectivity index (χ3v) is 5.79. The first-order valence-corrected chi connectivity index (χ1v) is 10.8. The lowest BCUT2D eigenvalue weighted by molar-refractivity contribution is 0.0948. The molecule has 32 heavy (non-hydrogen) atoms. The lowest BCUT2D eigenvalue weighted by Gasteiger charge is -2.29. The summed E-state index contributed by atoms with van der Waals surface area (Å²) in [7, 11) is 1.98. The molecule has 0 unspecified atom stereocenters. The number of morpholine rings is 1. The summed E-state index contributed by atoms with van der Waals surface area (Å²) in [6.07, 6.45) is 5.42. The van der Waals surface area contributed by atoms with Crippen molar-refractivity contribution in [3.8, 4) is 11.3 Å². The Morgan fingerprint density at radius 3 is 2.81 bits per heavy atom. The van der Waals surface area contributed by atoms with Gasteiger partial charge in [0, 0.05) is 61.9 Å². The molecule has 0 spiro atoms. The fourth-order valence-corrected chi connectivity index (χ4v) is 4.04. The number of aromatic nitrogens is 3. The van der Waals surface area contributed by atoms with Gasteiger partial charge in [-0.05, 0) is 35.9 Å². The van der Waals surface area contributed by atoms with Gasteiger partial charge in [-0.15, -0.1) is 0 Å². The number of hydrogen-bond acceptors (Lipinski definition) is 5. The molecular weight excluding hydrogens is 402 g/mol. The Morgan fingerprint density at radius 1 is 1.12 bits per heavy atom. The van der Waals surface area contributed by atoms with Crippen LogP contribution in [0.4, 0.5) is 5.69 Å². The van der Waals surface area contributed by atoms with Crippen LogP contribution in [-0.2, 0) is 18.3 Å². The highest BCUT2D eigenvalue weighted by molar-refractivity contribution is 6.05. The number of pyridine rings is 2. The average molecular weight is 428 g/mol. The van der Waals surface area contributed by atoms with E-state index in [1.807, 2.05) is 54.2 Å². The minimum atomic E-state index is -0.198. The molecule has 5 rings (SSSR count). The van der Waals surface area contributed by atoms with Gasteiger partial charge in [0.25, 0.3) is 5.91 Å². The largest absolute Gasteiger partial charge is 0.378 e. The summed E-state index contributed by atoms with van der Waals surface area (Å²) in [5, 5.41) is 3.82. The van der Waals surface area contributed by atoms with Crippen molar-refractivity contribution in [3.63, 3.8) is 0 Å². The quantitative estimate of drug-likeness (QED) is 0.529. The van der Waals surface area contributed by atoms with Crippen molar-refractivity contribution in [3.05, 3.63) is 78.4 Å². The van der Waals surface area contributed by atoms with Gasteiger partial charge in [-0.1, -0.05) is 18.2 Å². The van der Waals surface area contributed by atoms with Gasteiger partial charge >= 0.3 is 0 Å². The molecule has 1 aromatic carbocycles. The van der Waals surface area contributed by atoms with Crippen molar-refractivity contribution in [1.29, 1.82) is 0 Å². The number of carbonyl (C=O) groups is 1. The van der Waals surface area contributed by atoms with Gasteiger partial charge in [-0.2, -0.15) is 0 Å². The number of nitrogens with one attached hydrogen (secondary N) is 1. The fraction of sp³-hybridized carbons (Fsp3) is 0.240. The van der Waals surface area contributed by atoms with Gasteiger partial charge in [0.2, 0.25) is 0 Å². The van der Waals surface area contributed by atoms with Crippen LogP contribution in [0.3, 0.4) is 0 Å². The van der Waals surface area contributed by atoms with Crippen LogP contribution in [0.2, 0.25) is 0 Å². The smallest absolute Gasteiger partial charge is 0.270 e. The van der Waals surface area contributed by atoms with Crippen molar-refractivity contribution in [2.75, 3.05) is 31.2 Å². The summed E-state index contributed by atoms with van der Waals surface area (Å²) in [5.74, 6) is -0.198. The predicted molar refractivity (Wildman–Crippen MR) is 125 cm³/mol. The summed E-state index contributed by atoms with van der Waals surface area (Å²) in [6.45, 7) is 3.61. The highest BCUT2D eigenvalue weighted by atomic mass is 16.5. The topological polar surface area (TPSA) is 72.3 Å². The third-order valence-electron chi connectivity index (χ3n) is 5.79. The first-order chi connectivity index (χ1) is 15.7. The number of aryl methyl sites for hydroxylation is 1. The Bertz CT molecular complexity index is 1250. The van der Waals surface area contributed by atoms with E-state index in [4.69, 9.17) is 9.72 Å². The van der Waals surface area contributed by atoms with Crippen LogP contribution in [0.15, 0.2) is 67.1 Å². The molecule has 0 saturated carbocycles. The molecule has 4 heterocycles. The lowest BCUT2D eigenvalue weighted by Crippen LogP contribution is -2.36. The fourth-order valence-electron chi connectivity index (χ4n) is 4.04. The van der Waals surface area contributed by atoms with Crippen LogP contribution in [-0.4, -0.2) is 46.7 Å². The summed E-state index contributed by atoms with van der Waals surface area (Å²) in [4.78, 5) is 24.3. The normalized spacial score (nSPS) is 14.0. The maximum Gasteiger partial charge on any atom is 0.270 e. The Labute approximate surface area is 186 Å². The highest BCUT2D eigenvalue weighted by Gasteiger charge is 2.18. The van der Waals surface area contributed by atoms with Gasteiger partial charge in [0.15, 0.2) is 0 Å². The summed E-state index contributed by atoms with van der Waals surface area (Å²) in [5.41, 5.74) is 5.25. The van der Waals surface area contributed by atoms with Crippen LogP contribution >= 0.6 is 0 Å². The van der Waals surface area contributed by atoms with Gasteiger partial charge in [0.05, 0.1) is 24.4 Å². The van der Waals surface area contributed by atoms with Gasteiger partial charge < -0.3 is 19.5 Å². The number of ether oxygens (including phenoxy) is 1. The minimum absolute atomic E-state index is 0.198. The van der Waals surface area contributed by atoms with Crippen molar-refractivity contribution in [2.45, 2.75) is 6.54 Å². The zero-order valence-electron chi connectivity index (χ0n) is 18.0. The van der Waals surface area contributed by atoms with Gasteiger partial charge in [-0.3, -0.25) is 9.78 Å². The van der Waals surface area contributed by atoms with E-state index in [2.05, 4.69) is 27.3 Å². The second-order valence-electron chi connectivity index (χ2n) is 7.91. The monoisotopic (exact) mass is 427 g/mol. The van der Waals surface area contributed by atoms with Gasteiger partial charge in [-0.25, -0.2) is 4.98 Å². The molecule has 0 aliphatic carbocycles. The van der Waals surface area contributed by atoms with Gasteiger partial charge in [0.1, 0.15) is 5.69 Å². The van der Waals surface area contributed by atoms with E-state index in [-0.39, 0.29) is 5.91 Å². The van der Waals surface area contributed by atoms with Crippen molar-refractivity contribution in [1.82, 2.24) is 19.9 Å². The van der Waals surface area contributed by atoms with E-state index in [1.165, 1.54) is 0 Å². The maximum atomic E-state index is 13.1. The summed E-state index contributed by atoms with van der Waals surface area (Å²) in [6, 6.07) is 16.1. The molecule has 0 atom stereocenters. The molecule has 7 nitrogen and oxygen atoms in total. The molecule has 1 amide bonds. The van der Waals surface area contributed by atoms with Crippen LogP contribution in [0.1, 0.15) is 16.1 Å². The third kappa shape index (κ3) is 4.07. The molecule has 1 fully saturated rings. The summed E-state index contributed by atoms with van der Waals surface area (Å²) < 4.78 is 7.50. The van der Waals surface area contributed by atoms with Crippen LogP contribution in [0, 0.1) is 0 Å². The van der Waals surface area contributed by atoms with Crippen molar-refractivity contribution >= 4 is 22.5 Å². The van der Waals surface area contributed by atoms with Crippen molar-refractivity contribution in [2.24, 2.45) is 7.05 Å². The van der Waals surface area contributed by atoms with E-state index in [9.17, 15) is 4.79 Å². The molecule has 0 bridgehead atoms. The number of benzene rings is 1. The average Bonchev–Trinajstić information content (AvgIpc) is 3.24. The number of fused-ring (bicyclic) bond motifs is 1. The molecular formula is C25H25N5O2. The zero-order valence-corrected chi connectivity index (χ0v) is 18.0. The molecule has 3 aromatic heterocycles. The Kier molecular flexibility index (Phi) is 5.56. The molecule has 0 radical (unpaired) electrons. The molecule has 1 saturated heterocycles. The van der Waals surface area contributed by atoms with E-state index < -0.39 is 0 Å². The Balaban J connectivity index is 1.49. The summed E-state index contributed by atoms with van der Waals surface area (Å²) >= 11 is 0. The SMILES string of the molecule is Cn1ccc2c(C(=O)NCc3cccnc3)nc(-c3cccc(N4CCOCC4)c3)cc21. The molecule has 1 N–H and O–H groups in total. The second kappa shape index (κ2) is 8.80. The first-order valence-electron chi connectivity index (χ1n) is 10.8. The van der Waals surface area contributed by atoms with Crippen LogP contribution < -0.4 is 10.2 Å². The number of anilines is 1. The second-order valence-corrected chi connectivity index (χ2v) is 7.91.